The highest BCUT2D eigenvalue weighted by molar-refractivity contribution is 5.30. The van der Waals surface area contributed by atoms with Crippen molar-refractivity contribution in [1.29, 1.82) is 0 Å². The zero-order chi connectivity index (χ0) is 10.8. The fourth-order valence-corrected chi connectivity index (χ4v) is 2.79. The number of anilines is 1. The van der Waals surface area contributed by atoms with E-state index in [1.54, 1.807) is 0 Å². The Morgan fingerprint density at radius 3 is 2.81 bits per heavy atom. The van der Waals surface area contributed by atoms with Crippen LogP contribution < -0.4 is 4.90 Å². The number of rotatable bonds is 1. The molecule has 86 valence electrons. The smallest absolute Gasteiger partial charge is 0.225 e. The maximum Gasteiger partial charge on any atom is 0.225 e. The highest BCUT2D eigenvalue weighted by Gasteiger charge is 2.29. The second-order valence-electron chi connectivity index (χ2n) is 4.68. The number of piperidine rings is 1. The van der Waals surface area contributed by atoms with Crippen molar-refractivity contribution in [3.63, 3.8) is 0 Å². The first kappa shape index (κ1) is 10.0. The highest BCUT2D eigenvalue weighted by atomic mass is 15.3. The zero-order valence-electron chi connectivity index (χ0n) is 9.55. The third kappa shape index (κ3) is 1.89. The van der Waals surface area contributed by atoms with Crippen LogP contribution in [0.1, 0.15) is 19.3 Å². The largest absolute Gasteiger partial charge is 0.338 e. The van der Waals surface area contributed by atoms with E-state index in [0.717, 1.165) is 25.1 Å². The molecule has 2 saturated heterocycles. The van der Waals surface area contributed by atoms with Crippen molar-refractivity contribution in [3.05, 3.63) is 18.5 Å². The van der Waals surface area contributed by atoms with Gasteiger partial charge in [0.25, 0.3) is 0 Å². The molecule has 1 aromatic heterocycles. The van der Waals surface area contributed by atoms with Crippen LogP contribution in [0.25, 0.3) is 0 Å². The predicted octanol–water partition coefficient (Wildman–Crippen LogP) is 1.15. The second-order valence-corrected chi connectivity index (χ2v) is 4.68. The average molecular weight is 218 g/mol. The number of fused-ring (bicyclic) bond motifs is 1. The van der Waals surface area contributed by atoms with Crippen LogP contribution in [-0.2, 0) is 0 Å². The van der Waals surface area contributed by atoms with Gasteiger partial charge >= 0.3 is 0 Å². The number of piperazine rings is 1. The summed E-state index contributed by atoms with van der Waals surface area (Å²) >= 11 is 0. The molecule has 1 aromatic rings. The van der Waals surface area contributed by atoms with E-state index in [0.29, 0.717) is 0 Å². The summed E-state index contributed by atoms with van der Waals surface area (Å²) in [4.78, 5) is 13.6. The molecule has 0 aliphatic carbocycles. The quantitative estimate of drug-likeness (QED) is 0.708. The summed E-state index contributed by atoms with van der Waals surface area (Å²) in [6.45, 7) is 4.63. The van der Waals surface area contributed by atoms with Gasteiger partial charge in [0.2, 0.25) is 5.95 Å². The molecule has 0 N–H and O–H groups in total. The number of nitrogens with zero attached hydrogens (tertiary/aromatic N) is 4. The van der Waals surface area contributed by atoms with Crippen LogP contribution in [0.3, 0.4) is 0 Å². The van der Waals surface area contributed by atoms with Crippen LogP contribution in [0, 0.1) is 0 Å². The Labute approximate surface area is 96.3 Å². The molecular formula is C12H18N4. The van der Waals surface area contributed by atoms with Crippen molar-refractivity contribution in [3.8, 4) is 0 Å². The lowest BCUT2D eigenvalue weighted by atomic mass is 10.00. The first-order chi connectivity index (χ1) is 7.93. The lowest BCUT2D eigenvalue weighted by molar-refractivity contribution is 0.133. The van der Waals surface area contributed by atoms with E-state index in [1.165, 1.54) is 32.4 Å². The predicted molar refractivity (Wildman–Crippen MR) is 63.5 cm³/mol. The standard InChI is InChI=1S/C12H18N4/c1-2-7-15-8-9-16(10-11(15)4-1)12-13-5-3-6-14-12/h3,5-6,11H,1-2,4,7-10H2. The summed E-state index contributed by atoms with van der Waals surface area (Å²) < 4.78 is 0. The Morgan fingerprint density at radius 1 is 1.06 bits per heavy atom. The van der Waals surface area contributed by atoms with E-state index in [4.69, 9.17) is 0 Å². The van der Waals surface area contributed by atoms with Crippen molar-refractivity contribution in [2.24, 2.45) is 0 Å². The van der Waals surface area contributed by atoms with E-state index in [2.05, 4.69) is 19.8 Å². The summed E-state index contributed by atoms with van der Waals surface area (Å²) in [6, 6.07) is 2.60. The highest BCUT2D eigenvalue weighted by Crippen LogP contribution is 2.22. The monoisotopic (exact) mass is 218 g/mol. The molecular weight excluding hydrogens is 200 g/mol. The van der Waals surface area contributed by atoms with Gasteiger partial charge in [-0.25, -0.2) is 9.97 Å². The molecule has 0 radical (unpaired) electrons. The molecule has 4 nitrogen and oxygen atoms in total. The Balaban J connectivity index is 1.71. The van der Waals surface area contributed by atoms with Gasteiger partial charge in [-0.1, -0.05) is 6.42 Å². The van der Waals surface area contributed by atoms with E-state index in [9.17, 15) is 0 Å². The second kappa shape index (κ2) is 4.37. The van der Waals surface area contributed by atoms with E-state index >= 15 is 0 Å². The molecule has 2 aliphatic rings. The van der Waals surface area contributed by atoms with Crippen LogP contribution >= 0.6 is 0 Å². The summed E-state index contributed by atoms with van der Waals surface area (Å²) in [5.74, 6) is 0.896. The molecule has 0 saturated carbocycles. The lowest BCUT2D eigenvalue weighted by Crippen LogP contribution is -2.55. The van der Waals surface area contributed by atoms with Gasteiger partial charge in [-0.3, -0.25) is 4.90 Å². The zero-order valence-corrected chi connectivity index (χ0v) is 9.55. The van der Waals surface area contributed by atoms with Crippen molar-refractivity contribution < 1.29 is 0 Å². The molecule has 0 aromatic carbocycles. The van der Waals surface area contributed by atoms with Crippen LogP contribution in [0.2, 0.25) is 0 Å². The molecule has 0 spiro atoms. The Kier molecular flexibility index (Phi) is 2.74. The molecule has 1 atom stereocenters. The summed E-state index contributed by atoms with van der Waals surface area (Å²) in [6.07, 6.45) is 7.75. The third-order valence-electron chi connectivity index (χ3n) is 3.67. The topological polar surface area (TPSA) is 32.3 Å². The summed E-state index contributed by atoms with van der Waals surface area (Å²) in [5, 5.41) is 0. The maximum atomic E-state index is 4.34. The van der Waals surface area contributed by atoms with Crippen LogP contribution in [0.4, 0.5) is 5.95 Å². The molecule has 0 amide bonds. The fraction of sp³-hybridized carbons (Fsp3) is 0.667. The van der Waals surface area contributed by atoms with Crippen LogP contribution in [-0.4, -0.2) is 47.1 Å². The molecule has 2 aliphatic heterocycles. The van der Waals surface area contributed by atoms with E-state index < -0.39 is 0 Å². The molecule has 1 unspecified atom stereocenters. The van der Waals surface area contributed by atoms with Gasteiger partial charge in [-0.15, -0.1) is 0 Å². The number of hydrogen-bond donors (Lipinski definition) is 0. The molecule has 16 heavy (non-hydrogen) atoms. The van der Waals surface area contributed by atoms with Gasteiger partial charge in [-0.05, 0) is 25.5 Å². The van der Waals surface area contributed by atoms with Gasteiger partial charge in [0, 0.05) is 38.1 Å². The Hall–Kier alpha value is -1.16. The Morgan fingerprint density at radius 2 is 1.94 bits per heavy atom. The number of aromatic nitrogens is 2. The van der Waals surface area contributed by atoms with Crippen LogP contribution in [0.5, 0.6) is 0 Å². The minimum absolute atomic E-state index is 0.728. The Bertz CT molecular complexity index is 340. The SMILES string of the molecule is c1cnc(N2CCN3CCCCC3C2)nc1. The van der Waals surface area contributed by atoms with E-state index in [1.807, 2.05) is 18.5 Å². The van der Waals surface area contributed by atoms with Crippen molar-refractivity contribution in [2.75, 3.05) is 31.1 Å². The first-order valence-electron chi connectivity index (χ1n) is 6.19. The lowest BCUT2D eigenvalue weighted by Gasteiger charge is -2.43. The molecule has 2 fully saturated rings. The van der Waals surface area contributed by atoms with Gasteiger partial charge in [0.1, 0.15) is 0 Å². The van der Waals surface area contributed by atoms with Gasteiger partial charge in [-0.2, -0.15) is 0 Å². The molecule has 3 rings (SSSR count). The van der Waals surface area contributed by atoms with Crippen molar-refractivity contribution in [2.45, 2.75) is 25.3 Å². The first-order valence-corrected chi connectivity index (χ1v) is 6.19. The minimum atomic E-state index is 0.728. The van der Waals surface area contributed by atoms with Crippen molar-refractivity contribution >= 4 is 5.95 Å². The van der Waals surface area contributed by atoms with Gasteiger partial charge < -0.3 is 4.90 Å². The molecule has 0 bridgehead atoms. The van der Waals surface area contributed by atoms with Gasteiger partial charge in [0.15, 0.2) is 0 Å². The van der Waals surface area contributed by atoms with Crippen LogP contribution in [0.15, 0.2) is 18.5 Å². The fourth-order valence-electron chi connectivity index (χ4n) is 2.79. The normalized spacial score (nSPS) is 26.5. The number of hydrogen-bond acceptors (Lipinski definition) is 4. The molecule has 3 heterocycles. The molecule has 4 heteroatoms. The summed E-state index contributed by atoms with van der Waals surface area (Å²) in [5.41, 5.74) is 0. The van der Waals surface area contributed by atoms with Gasteiger partial charge in [0.05, 0.1) is 0 Å². The van der Waals surface area contributed by atoms with E-state index in [-0.39, 0.29) is 0 Å². The third-order valence-corrected chi connectivity index (χ3v) is 3.67. The maximum absolute atomic E-state index is 4.34. The summed E-state index contributed by atoms with van der Waals surface area (Å²) in [7, 11) is 0. The average Bonchev–Trinajstić information content (AvgIpc) is 2.39. The minimum Gasteiger partial charge on any atom is -0.338 e. The van der Waals surface area contributed by atoms with Crippen molar-refractivity contribution in [1.82, 2.24) is 14.9 Å².